The number of barbiturate groups is 1. The standard InChI is InChI=1S/C25H31N3O7/c1-3-34-21(29)15-27(16-22(30)35-4-2)18-12-10-17(11-13-18)14-20-23(31)26-25(33)28(24(20)32)19-8-6-5-7-9-19/h10-14,19H,3-9,15-16H2,1-2H3,(H,26,31,33). The summed E-state index contributed by atoms with van der Waals surface area (Å²) in [5.41, 5.74) is 1.00. The number of nitrogens with one attached hydrogen (secondary N) is 1. The highest BCUT2D eigenvalue weighted by atomic mass is 16.5. The second-order valence-corrected chi connectivity index (χ2v) is 8.34. The number of urea groups is 1. The van der Waals surface area contributed by atoms with Crippen LogP contribution in [0.25, 0.3) is 6.08 Å². The van der Waals surface area contributed by atoms with E-state index in [1.165, 1.54) is 15.9 Å². The molecule has 2 fully saturated rings. The van der Waals surface area contributed by atoms with Crippen LogP contribution in [0.5, 0.6) is 0 Å². The largest absolute Gasteiger partial charge is 0.465 e. The highest BCUT2D eigenvalue weighted by molar-refractivity contribution is 6.31. The van der Waals surface area contributed by atoms with E-state index >= 15 is 0 Å². The quantitative estimate of drug-likeness (QED) is 0.321. The molecule has 1 aliphatic heterocycles. The van der Waals surface area contributed by atoms with Crippen molar-refractivity contribution >= 4 is 41.5 Å². The molecule has 1 saturated carbocycles. The zero-order valence-electron chi connectivity index (χ0n) is 20.1. The normalized spacial score (nSPS) is 17.8. The van der Waals surface area contributed by atoms with Gasteiger partial charge in [-0.15, -0.1) is 0 Å². The number of esters is 2. The number of imide groups is 2. The number of ether oxygens (including phenoxy) is 2. The van der Waals surface area contributed by atoms with Crippen molar-refractivity contribution in [2.45, 2.75) is 52.0 Å². The van der Waals surface area contributed by atoms with Gasteiger partial charge in [-0.25, -0.2) is 4.79 Å². The first-order chi connectivity index (χ1) is 16.8. The molecule has 3 rings (SSSR count). The van der Waals surface area contributed by atoms with Crippen LogP contribution in [-0.2, 0) is 28.7 Å². The minimum atomic E-state index is -0.734. The van der Waals surface area contributed by atoms with Crippen molar-refractivity contribution in [3.63, 3.8) is 0 Å². The predicted octanol–water partition coefficient (Wildman–Crippen LogP) is 2.41. The average molecular weight is 486 g/mol. The third-order valence-electron chi connectivity index (χ3n) is 5.89. The first-order valence-electron chi connectivity index (χ1n) is 11.9. The topological polar surface area (TPSA) is 122 Å². The first kappa shape index (κ1) is 25.9. The Kier molecular flexibility index (Phi) is 8.99. The van der Waals surface area contributed by atoms with Crippen LogP contribution < -0.4 is 10.2 Å². The summed E-state index contributed by atoms with van der Waals surface area (Å²) in [6.45, 7) is 3.53. The number of hydrogen-bond acceptors (Lipinski definition) is 8. The summed E-state index contributed by atoms with van der Waals surface area (Å²) in [5, 5.41) is 2.27. The van der Waals surface area contributed by atoms with Gasteiger partial charge in [-0.05, 0) is 50.5 Å². The van der Waals surface area contributed by atoms with E-state index in [-0.39, 0.29) is 37.9 Å². The number of carbonyl (C=O) groups excluding carboxylic acids is 5. The van der Waals surface area contributed by atoms with Crippen LogP contribution in [0, 0.1) is 0 Å². The SMILES string of the molecule is CCOC(=O)CN(CC(=O)OCC)c1ccc(C=C2C(=O)NC(=O)N(C3CCCCC3)C2=O)cc1. The van der Waals surface area contributed by atoms with Crippen LogP contribution in [0.3, 0.4) is 0 Å². The lowest BCUT2D eigenvalue weighted by molar-refractivity contribution is -0.142. The fourth-order valence-electron chi connectivity index (χ4n) is 4.25. The fraction of sp³-hybridized carbons (Fsp3) is 0.480. The zero-order chi connectivity index (χ0) is 25.4. The van der Waals surface area contributed by atoms with Gasteiger partial charge in [-0.3, -0.25) is 29.4 Å². The molecule has 1 aromatic carbocycles. The molecule has 188 valence electrons. The highest BCUT2D eigenvalue weighted by Crippen LogP contribution is 2.26. The molecule has 1 saturated heterocycles. The lowest BCUT2D eigenvalue weighted by Crippen LogP contribution is -2.58. The molecule has 4 amide bonds. The molecule has 1 N–H and O–H groups in total. The van der Waals surface area contributed by atoms with Crippen LogP contribution in [-0.4, -0.2) is 67.0 Å². The maximum atomic E-state index is 13.1. The molecule has 1 aliphatic carbocycles. The molecule has 10 nitrogen and oxygen atoms in total. The molecule has 2 aliphatic rings. The minimum absolute atomic E-state index is 0.113. The van der Waals surface area contributed by atoms with Crippen molar-refractivity contribution in [1.29, 1.82) is 0 Å². The van der Waals surface area contributed by atoms with E-state index in [2.05, 4.69) is 5.32 Å². The van der Waals surface area contributed by atoms with Crippen LogP contribution in [0.15, 0.2) is 29.8 Å². The Morgan fingerprint density at radius 3 is 2.09 bits per heavy atom. The van der Waals surface area contributed by atoms with Gasteiger partial charge in [0.1, 0.15) is 18.7 Å². The van der Waals surface area contributed by atoms with Crippen molar-refractivity contribution in [1.82, 2.24) is 10.2 Å². The Bertz CT molecular complexity index is 977. The van der Waals surface area contributed by atoms with E-state index in [1.54, 1.807) is 38.1 Å². The maximum Gasteiger partial charge on any atom is 0.331 e. The molecule has 0 unspecified atom stereocenters. The lowest BCUT2D eigenvalue weighted by atomic mass is 9.93. The highest BCUT2D eigenvalue weighted by Gasteiger charge is 2.40. The smallest absolute Gasteiger partial charge is 0.331 e. The van der Waals surface area contributed by atoms with Gasteiger partial charge in [-0.2, -0.15) is 0 Å². The molecule has 0 spiro atoms. The molecule has 0 radical (unpaired) electrons. The third kappa shape index (κ3) is 6.68. The molecule has 1 aromatic rings. The van der Waals surface area contributed by atoms with Crippen molar-refractivity contribution in [3.05, 3.63) is 35.4 Å². The summed E-state index contributed by atoms with van der Waals surface area (Å²) in [6, 6.07) is 5.77. The summed E-state index contributed by atoms with van der Waals surface area (Å²) in [7, 11) is 0. The van der Waals surface area contributed by atoms with Crippen LogP contribution in [0.2, 0.25) is 0 Å². The second kappa shape index (κ2) is 12.1. The predicted molar refractivity (Wildman–Crippen MR) is 127 cm³/mol. The van der Waals surface area contributed by atoms with Crippen LogP contribution >= 0.6 is 0 Å². The minimum Gasteiger partial charge on any atom is -0.465 e. The van der Waals surface area contributed by atoms with E-state index in [9.17, 15) is 24.0 Å². The Morgan fingerprint density at radius 2 is 1.54 bits per heavy atom. The molecule has 0 aromatic heterocycles. The summed E-state index contributed by atoms with van der Waals surface area (Å²) in [5.74, 6) is -2.30. The number of nitrogens with zero attached hydrogens (tertiary/aromatic N) is 2. The molecule has 10 heteroatoms. The number of hydrogen-bond donors (Lipinski definition) is 1. The number of carbonyl (C=O) groups is 5. The number of anilines is 1. The molecule has 1 heterocycles. The van der Waals surface area contributed by atoms with Crippen LogP contribution in [0.1, 0.15) is 51.5 Å². The van der Waals surface area contributed by atoms with E-state index in [0.717, 1.165) is 32.1 Å². The molecule has 35 heavy (non-hydrogen) atoms. The van der Waals surface area contributed by atoms with Crippen LogP contribution in [0.4, 0.5) is 10.5 Å². The van der Waals surface area contributed by atoms with E-state index in [4.69, 9.17) is 9.47 Å². The number of amides is 4. The monoisotopic (exact) mass is 485 g/mol. The average Bonchev–Trinajstić information content (AvgIpc) is 2.82. The third-order valence-corrected chi connectivity index (χ3v) is 5.89. The molecule has 0 atom stereocenters. The van der Waals surface area contributed by atoms with Gasteiger partial charge >= 0.3 is 18.0 Å². The van der Waals surface area contributed by atoms with Gasteiger partial charge in [0.25, 0.3) is 11.8 Å². The van der Waals surface area contributed by atoms with Crippen molar-refractivity contribution in [2.75, 3.05) is 31.2 Å². The summed E-state index contributed by atoms with van der Waals surface area (Å²) in [6.07, 6.45) is 5.83. The summed E-state index contributed by atoms with van der Waals surface area (Å²) in [4.78, 5) is 64.6. The van der Waals surface area contributed by atoms with Crippen molar-refractivity contribution < 1.29 is 33.4 Å². The lowest BCUT2D eigenvalue weighted by Gasteiger charge is -2.35. The van der Waals surface area contributed by atoms with Gasteiger partial charge in [0.2, 0.25) is 0 Å². The number of rotatable bonds is 9. The van der Waals surface area contributed by atoms with E-state index in [1.807, 2.05) is 0 Å². The fourth-order valence-corrected chi connectivity index (χ4v) is 4.25. The van der Waals surface area contributed by atoms with Gasteiger partial charge in [0, 0.05) is 11.7 Å². The van der Waals surface area contributed by atoms with Gasteiger partial charge < -0.3 is 14.4 Å². The molecular formula is C25H31N3O7. The summed E-state index contributed by atoms with van der Waals surface area (Å²) < 4.78 is 9.99. The first-order valence-corrected chi connectivity index (χ1v) is 11.9. The zero-order valence-corrected chi connectivity index (χ0v) is 20.1. The molecule has 0 bridgehead atoms. The van der Waals surface area contributed by atoms with Gasteiger partial charge in [-0.1, -0.05) is 31.4 Å². The van der Waals surface area contributed by atoms with Gasteiger partial charge in [0.15, 0.2) is 0 Å². The van der Waals surface area contributed by atoms with Crippen molar-refractivity contribution in [3.8, 4) is 0 Å². The Balaban J connectivity index is 1.80. The Morgan fingerprint density at radius 1 is 0.971 bits per heavy atom. The van der Waals surface area contributed by atoms with Gasteiger partial charge in [0.05, 0.1) is 13.2 Å². The second-order valence-electron chi connectivity index (χ2n) is 8.34. The Hall–Kier alpha value is -3.69. The van der Waals surface area contributed by atoms with E-state index in [0.29, 0.717) is 11.3 Å². The van der Waals surface area contributed by atoms with E-state index < -0.39 is 29.8 Å². The van der Waals surface area contributed by atoms with Crippen molar-refractivity contribution in [2.24, 2.45) is 0 Å². The molecular weight excluding hydrogens is 454 g/mol. The maximum absolute atomic E-state index is 13.1. The number of benzene rings is 1. The summed E-state index contributed by atoms with van der Waals surface area (Å²) >= 11 is 0. The Labute approximate surface area is 204 Å².